The predicted octanol–water partition coefficient (Wildman–Crippen LogP) is 5.28. The van der Waals surface area contributed by atoms with Crippen LogP contribution in [0.2, 0.25) is 0 Å². The Labute approximate surface area is 195 Å². The molecule has 3 aromatic heterocycles. The molecule has 0 radical (unpaired) electrons. The van der Waals surface area contributed by atoms with Gasteiger partial charge in [0.05, 0.1) is 23.4 Å². The van der Waals surface area contributed by atoms with Gasteiger partial charge in [0.25, 0.3) is 5.56 Å². The highest BCUT2D eigenvalue weighted by molar-refractivity contribution is 5.86. The molecular formula is C26H25FN6O. The fourth-order valence-corrected chi connectivity index (χ4v) is 4.63. The lowest BCUT2D eigenvalue weighted by molar-refractivity contribution is 0.620. The van der Waals surface area contributed by atoms with E-state index in [1.165, 1.54) is 12.4 Å². The van der Waals surface area contributed by atoms with Crippen LogP contribution in [0.5, 0.6) is 0 Å². The van der Waals surface area contributed by atoms with Crippen molar-refractivity contribution in [3.8, 4) is 5.69 Å². The van der Waals surface area contributed by atoms with Gasteiger partial charge in [-0.15, -0.1) is 0 Å². The van der Waals surface area contributed by atoms with Gasteiger partial charge in [-0.25, -0.2) is 19.3 Å². The molecule has 8 heteroatoms. The zero-order chi connectivity index (χ0) is 24.0. The number of nitrogens with zero attached hydrogens (tertiary/aromatic N) is 4. The van der Waals surface area contributed by atoms with Crippen LogP contribution in [-0.2, 0) is 0 Å². The third-order valence-corrected chi connectivity index (χ3v) is 6.37. The van der Waals surface area contributed by atoms with Gasteiger partial charge in [0.1, 0.15) is 17.7 Å². The van der Waals surface area contributed by atoms with Crippen LogP contribution in [0.4, 0.5) is 10.2 Å². The van der Waals surface area contributed by atoms with E-state index in [1.807, 2.05) is 45.0 Å². The lowest BCUT2D eigenvalue weighted by Crippen LogP contribution is -2.28. The van der Waals surface area contributed by atoms with Crippen molar-refractivity contribution in [2.75, 3.05) is 5.32 Å². The topological polar surface area (TPSA) is 88.5 Å². The number of anilines is 1. The van der Waals surface area contributed by atoms with Gasteiger partial charge < -0.3 is 10.3 Å². The number of imidazole rings is 1. The third kappa shape index (κ3) is 3.42. The summed E-state index contributed by atoms with van der Waals surface area (Å²) in [4.78, 5) is 29.9. The van der Waals surface area contributed by atoms with E-state index >= 15 is 0 Å². The van der Waals surface area contributed by atoms with Gasteiger partial charge in [-0.1, -0.05) is 31.2 Å². The van der Waals surface area contributed by atoms with Gasteiger partial charge in [0, 0.05) is 5.69 Å². The van der Waals surface area contributed by atoms with Crippen molar-refractivity contribution in [3.63, 3.8) is 0 Å². The van der Waals surface area contributed by atoms with E-state index in [1.54, 1.807) is 23.9 Å². The van der Waals surface area contributed by atoms with Crippen LogP contribution in [0.25, 0.3) is 27.6 Å². The second-order valence-corrected chi connectivity index (χ2v) is 8.52. The number of aryl methyl sites for hydroxylation is 3. The highest BCUT2D eigenvalue weighted by Gasteiger charge is 2.23. The average Bonchev–Trinajstić information content (AvgIpc) is 3.30. The minimum Gasteiger partial charge on any atom is -0.360 e. The first-order chi connectivity index (χ1) is 16.4. The summed E-state index contributed by atoms with van der Waals surface area (Å²) in [7, 11) is 0. The largest absolute Gasteiger partial charge is 0.360 e. The summed E-state index contributed by atoms with van der Waals surface area (Å²) in [5.74, 6) is 0.212. The Hall–Kier alpha value is -4.07. The molecule has 172 valence electrons. The first kappa shape index (κ1) is 21.8. The Kier molecular flexibility index (Phi) is 5.36. The molecule has 0 aliphatic carbocycles. The monoisotopic (exact) mass is 456 g/mol. The SMILES string of the molecule is CC[C@H](Nc1ncnc2nc[nH]c12)c1cc2ccc(F)c(C)c2c(=O)n1-c1c(C)cccc1C. The number of aromatic amines is 1. The predicted molar refractivity (Wildman–Crippen MR) is 132 cm³/mol. The van der Waals surface area contributed by atoms with E-state index in [9.17, 15) is 9.18 Å². The number of rotatable bonds is 5. The smallest absolute Gasteiger partial charge is 0.263 e. The second-order valence-electron chi connectivity index (χ2n) is 8.52. The van der Waals surface area contributed by atoms with Crippen molar-refractivity contribution in [2.45, 2.75) is 40.2 Å². The zero-order valence-electron chi connectivity index (χ0n) is 19.5. The van der Waals surface area contributed by atoms with Gasteiger partial charge in [-0.2, -0.15) is 0 Å². The number of para-hydroxylation sites is 1. The fourth-order valence-electron chi connectivity index (χ4n) is 4.63. The molecule has 3 heterocycles. The molecule has 0 aliphatic heterocycles. The van der Waals surface area contributed by atoms with Crippen LogP contribution in [0, 0.1) is 26.6 Å². The Balaban J connectivity index is 1.81. The molecule has 0 spiro atoms. The second kappa shape index (κ2) is 8.37. The van der Waals surface area contributed by atoms with Crippen LogP contribution in [0.3, 0.4) is 0 Å². The van der Waals surface area contributed by atoms with E-state index < -0.39 is 5.82 Å². The van der Waals surface area contributed by atoms with Crippen molar-refractivity contribution in [1.82, 2.24) is 24.5 Å². The van der Waals surface area contributed by atoms with E-state index in [2.05, 4.69) is 25.3 Å². The van der Waals surface area contributed by atoms with Gasteiger partial charge >= 0.3 is 0 Å². The van der Waals surface area contributed by atoms with Gasteiger partial charge in [0.15, 0.2) is 11.5 Å². The first-order valence-corrected chi connectivity index (χ1v) is 11.2. The minimum absolute atomic E-state index is 0.239. The standard InChI is InChI=1S/C26H25FN6O/c1-5-19(32-25-22-24(29-12-28-22)30-13-31-25)20-11-17-9-10-18(27)16(4)21(17)26(34)33(20)23-14(2)7-6-8-15(23)3/h6-13,19H,5H2,1-4H3,(H2,28,29,30,31,32)/t19-/m0/s1. The van der Waals surface area contributed by atoms with Gasteiger partial charge in [0.2, 0.25) is 0 Å². The average molecular weight is 457 g/mol. The highest BCUT2D eigenvalue weighted by atomic mass is 19.1. The van der Waals surface area contributed by atoms with Gasteiger partial charge in [-0.05, 0) is 61.4 Å². The molecule has 5 rings (SSSR count). The summed E-state index contributed by atoms with van der Waals surface area (Å²) in [6.45, 7) is 7.66. The maximum absolute atomic E-state index is 14.5. The Morgan fingerprint density at radius 3 is 2.59 bits per heavy atom. The number of H-pyrrole nitrogens is 1. The molecule has 2 N–H and O–H groups in total. The quantitative estimate of drug-likeness (QED) is 0.375. The van der Waals surface area contributed by atoms with E-state index in [0.717, 1.165) is 22.5 Å². The molecule has 7 nitrogen and oxygen atoms in total. The Morgan fingerprint density at radius 1 is 1.09 bits per heavy atom. The molecule has 1 atom stereocenters. The summed E-state index contributed by atoms with van der Waals surface area (Å²) in [5, 5.41) is 4.58. The van der Waals surface area contributed by atoms with Crippen LogP contribution < -0.4 is 10.9 Å². The molecule has 0 bridgehead atoms. The number of pyridine rings is 1. The van der Waals surface area contributed by atoms with Gasteiger partial charge in [-0.3, -0.25) is 9.36 Å². The summed E-state index contributed by atoms with van der Waals surface area (Å²) >= 11 is 0. The third-order valence-electron chi connectivity index (χ3n) is 6.37. The van der Waals surface area contributed by atoms with Crippen molar-refractivity contribution < 1.29 is 4.39 Å². The number of benzene rings is 2. The number of hydrogen-bond donors (Lipinski definition) is 2. The van der Waals surface area contributed by atoms with Crippen molar-refractivity contribution >= 4 is 27.8 Å². The molecule has 2 aromatic carbocycles. The van der Waals surface area contributed by atoms with E-state index in [-0.39, 0.29) is 11.6 Å². The summed E-state index contributed by atoms with van der Waals surface area (Å²) in [5.41, 5.74) is 4.87. The molecule has 0 saturated carbocycles. The normalized spacial score (nSPS) is 12.4. The molecule has 5 aromatic rings. The van der Waals surface area contributed by atoms with E-state index in [0.29, 0.717) is 39.7 Å². The van der Waals surface area contributed by atoms with Crippen LogP contribution >= 0.6 is 0 Å². The molecule has 0 aliphatic rings. The lowest BCUT2D eigenvalue weighted by atomic mass is 10.0. The highest BCUT2D eigenvalue weighted by Crippen LogP contribution is 2.30. The molecule has 34 heavy (non-hydrogen) atoms. The Morgan fingerprint density at radius 2 is 1.85 bits per heavy atom. The summed E-state index contributed by atoms with van der Waals surface area (Å²) in [6.07, 6.45) is 3.71. The summed E-state index contributed by atoms with van der Waals surface area (Å²) < 4.78 is 16.2. The maximum atomic E-state index is 14.5. The van der Waals surface area contributed by atoms with Crippen LogP contribution in [0.1, 0.15) is 41.8 Å². The number of fused-ring (bicyclic) bond motifs is 2. The number of halogens is 1. The number of nitrogens with one attached hydrogen (secondary N) is 2. The summed E-state index contributed by atoms with van der Waals surface area (Å²) in [6, 6.07) is 10.7. The molecule has 0 saturated heterocycles. The molecule has 0 unspecified atom stereocenters. The fraction of sp³-hybridized carbons (Fsp3) is 0.231. The molecule has 0 fully saturated rings. The number of aromatic nitrogens is 5. The van der Waals surface area contributed by atoms with Crippen molar-refractivity contribution in [3.05, 3.63) is 87.6 Å². The number of hydrogen-bond acceptors (Lipinski definition) is 5. The lowest BCUT2D eigenvalue weighted by Gasteiger charge is -2.25. The Bertz CT molecular complexity index is 1580. The molecular weight excluding hydrogens is 431 g/mol. The van der Waals surface area contributed by atoms with Crippen LogP contribution in [0.15, 0.2) is 53.8 Å². The molecule has 0 amide bonds. The van der Waals surface area contributed by atoms with Crippen molar-refractivity contribution in [1.29, 1.82) is 0 Å². The first-order valence-electron chi connectivity index (χ1n) is 11.2. The van der Waals surface area contributed by atoms with E-state index in [4.69, 9.17) is 0 Å². The van der Waals surface area contributed by atoms with Crippen molar-refractivity contribution in [2.24, 2.45) is 0 Å². The minimum atomic E-state index is -0.391. The van der Waals surface area contributed by atoms with Crippen LogP contribution in [-0.4, -0.2) is 24.5 Å². The zero-order valence-corrected chi connectivity index (χ0v) is 19.5. The maximum Gasteiger partial charge on any atom is 0.263 e.